The molecule has 0 aliphatic heterocycles. The first-order valence-corrected chi connectivity index (χ1v) is 8.85. The molecule has 142 valence electrons. The van der Waals surface area contributed by atoms with Crippen molar-refractivity contribution in [2.45, 2.75) is 20.8 Å². The largest absolute Gasteiger partial charge is 0.497 e. The molecule has 3 aromatic carbocycles. The van der Waals surface area contributed by atoms with Gasteiger partial charge in [-0.2, -0.15) is 0 Å². The Morgan fingerprint density at radius 2 is 1.22 bits per heavy atom. The summed E-state index contributed by atoms with van der Waals surface area (Å²) in [6, 6.07) is 10.1. The third-order valence-corrected chi connectivity index (χ3v) is 5.25. The summed E-state index contributed by atoms with van der Waals surface area (Å²) in [5, 5.41) is 2.14. The van der Waals surface area contributed by atoms with Crippen molar-refractivity contribution in [1.82, 2.24) is 0 Å². The second-order valence-corrected chi connectivity index (χ2v) is 6.55. The molecule has 27 heavy (non-hydrogen) atoms. The molecule has 0 bridgehead atoms. The zero-order valence-electron chi connectivity index (χ0n) is 17.0. The first-order chi connectivity index (χ1) is 13.0. The summed E-state index contributed by atoms with van der Waals surface area (Å²) in [5.74, 6) is 3.27. The molecule has 0 atom stereocenters. The second-order valence-electron chi connectivity index (χ2n) is 6.55. The van der Waals surface area contributed by atoms with E-state index < -0.39 is 0 Å². The maximum absolute atomic E-state index is 5.85. The third kappa shape index (κ3) is 2.95. The van der Waals surface area contributed by atoms with Crippen LogP contribution in [-0.4, -0.2) is 28.4 Å². The highest BCUT2D eigenvalue weighted by atomic mass is 16.5. The van der Waals surface area contributed by atoms with E-state index in [4.69, 9.17) is 18.9 Å². The summed E-state index contributed by atoms with van der Waals surface area (Å²) in [4.78, 5) is 0. The van der Waals surface area contributed by atoms with E-state index in [0.29, 0.717) is 0 Å². The van der Waals surface area contributed by atoms with Gasteiger partial charge in [0.1, 0.15) is 23.0 Å². The fourth-order valence-electron chi connectivity index (χ4n) is 3.79. The molecule has 3 aromatic rings. The minimum atomic E-state index is 0.780. The average Bonchev–Trinajstić information content (AvgIpc) is 2.69. The molecule has 0 heterocycles. The first kappa shape index (κ1) is 18.9. The van der Waals surface area contributed by atoms with Crippen LogP contribution in [0, 0.1) is 20.8 Å². The Morgan fingerprint density at radius 1 is 0.593 bits per heavy atom. The van der Waals surface area contributed by atoms with Crippen molar-refractivity contribution >= 4 is 10.8 Å². The van der Waals surface area contributed by atoms with Gasteiger partial charge in [-0.05, 0) is 60.9 Å². The van der Waals surface area contributed by atoms with Crippen molar-refractivity contribution in [2.24, 2.45) is 0 Å². The van der Waals surface area contributed by atoms with Crippen molar-refractivity contribution in [1.29, 1.82) is 0 Å². The predicted molar refractivity (Wildman–Crippen MR) is 110 cm³/mol. The van der Waals surface area contributed by atoms with Crippen LogP contribution in [0.15, 0.2) is 30.3 Å². The van der Waals surface area contributed by atoms with Gasteiger partial charge in [0, 0.05) is 16.7 Å². The van der Waals surface area contributed by atoms with E-state index in [2.05, 4.69) is 32.9 Å². The Kier molecular flexibility index (Phi) is 5.17. The lowest BCUT2D eigenvalue weighted by atomic mass is 9.89. The Balaban J connectivity index is 2.53. The summed E-state index contributed by atoms with van der Waals surface area (Å²) in [6.07, 6.45) is 0. The van der Waals surface area contributed by atoms with Crippen LogP contribution in [0.3, 0.4) is 0 Å². The SMILES string of the molecule is COc1ccc2ccc(OC)c(-c3c(C)c(OC)c(C)c(C)c3OC)c2c1. The van der Waals surface area contributed by atoms with E-state index in [9.17, 15) is 0 Å². The van der Waals surface area contributed by atoms with Crippen LogP contribution in [0.1, 0.15) is 16.7 Å². The molecular formula is C23H26O4. The number of ether oxygens (including phenoxy) is 4. The van der Waals surface area contributed by atoms with Gasteiger partial charge in [-0.1, -0.05) is 12.1 Å². The Bertz CT molecular complexity index is 1000. The molecule has 3 rings (SSSR count). The highest BCUT2D eigenvalue weighted by Gasteiger charge is 2.24. The van der Waals surface area contributed by atoms with Gasteiger partial charge in [-0.25, -0.2) is 0 Å². The van der Waals surface area contributed by atoms with Gasteiger partial charge in [-0.15, -0.1) is 0 Å². The van der Waals surface area contributed by atoms with Gasteiger partial charge in [0.05, 0.1) is 28.4 Å². The molecule has 0 N–H and O–H groups in total. The summed E-state index contributed by atoms with van der Waals surface area (Å²) < 4.78 is 22.8. The molecule has 4 nitrogen and oxygen atoms in total. The number of fused-ring (bicyclic) bond motifs is 1. The number of hydrogen-bond donors (Lipinski definition) is 0. The molecule has 0 radical (unpaired) electrons. The fourth-order valence-corrected chi connectivity index (χ4v) is 3.79. The number of rotatable bonds is 5. The predicted octanol–water partition coefficient (Wildman–Crippen LogP) is 5.47. The standard InChI is InChI=1S/C23H26O4/c1-13-14(2)23(27-7)20(15(3)22(13)26-6)21-18-12-17(24-4)10-8-16(18)9-11-19(21)25-5/h8-12H,1-7H3. The Labute approximate surface area is 160 Å². The molecule has 0 fully saturated rings. The zero-order valence-corrected chi connectivity index (χ0v) is 17.0. The number of methoxy groups -OCH3 is 4. The Hall–Kier alpha value is -2.88. The van der Waals surface area contributed by atoms with Crippen molar-refractivity contribution < 1.29 is 18.9 Å². The summed E-state index contributed by atoms with van der Waals surface area (Å²) in [5.41, 5.74) is 5.10. The van der Waals surface area contributed by atoms with Gasteiger partial charge >= 0.3 is 0 Å². The van der Waals surface area contributed by atoms with Gasteiger partial charge in [0.2, 0.25) is 0 Å². The van der Waals surface area contributed by atoms with Crippen molar-refractivity contribution in [3.63, 3.8) is 0 Å². The fraction of sp³-hybridized carbons (Fsp3) is 0.304. The topological polar surface area (TPSA) is 36.9 Å². The highest BCUT2D eigenvalue weighted by molar-refractivity contribution is 6.03. The highest BCUT2D eigenvalue weighted by Crippen LogP contribution is 2.49. The first-order valence-electron chi connectivity index (χ1n) is 8.85. The van der Waals surface area contributed by atoms with Crippen molar-refractivity contribution in [3.8, 4) is 34.1 Å². The van der Waals surface area contributed by atoms with Gasteiger partial charge in [-0.3, -0.25) is 0 Å². The monoisotopic (exact) mass is 366 g/mol. The molecule has 0 aliphatic carbocycles. The number of benzene rings is 3. The van der Waals surface area contributed by atoms with Crippen LogP contribution in [0.5, 0.6) is 23.0 Å². The van der Waals surface area contributed by atoms with Gasteiger partial charge in [0.25, 0.3) is 0 Å². The Morgan fingerprint density at radius 3 is 1.81 bits per heavy atom. The van der Waals surface area contributed by atoms with Crippen LogP contribution < -0.4 is 18.9 Å². The molecule has 0 aromatic heterocycles. The van der Waals surface area contributed by atoms with Crippen LogP contribution in [0.25, 0.3) is 21.9 Å². The van der Waals surface area contributed by atoms with E-state index >= 15 is 0 Å². The molecule has 0 aliphatic rings. The van der Waals surface area contributed by atoms with Gasteiger partial charge < -0.3 is 18.9 Å². The van der Waals surface area contributed by atoms with Crippen LogP contribution in [-0.2, 0) is 0 Å². The van der Waals surface area contributed by atoms with Crippen molar-refractivity contribution in [2.75, 3.05) is 28.4 Å². The lowest BCUT2D eigenvalue weighted by Gasteiger charge is -2.23. The second kappa shape index (κ2) is 7.39. The smallest absolute Gasteiger partial charge is 0.130 e. The summed E-state index contributed by atoms with van der Waals surface area (Å²) >= 11 is 0. The normalized spacial score (nSPS) is 10.8. The number of hydrogen-bond acceptors (Lipinski definition) is 4. The van der Waals surface area contributed by atoms with Crippen LogP contribution in [0.4, 0.5) is 0 Å². The minimum absolute atomic E-state index is 0.780. The molecule has 0 unspecified atom stereocenters. The lowest BCUT2D eigenvalue weighted by molar-refractivity contribution is 0.395. The quantitative estimate of drug-likeness (QED) is 0.600. The maximum Gasteiger partial charge on any atom is 0.130 e. The molecule has 0 saturated heterocycles. The summed E-state index contributed by atoms with van der Waals surface area (Å²) in [6.45, 7) is 6.16. The zero-order chi connectivity index (χ0) is 19.7. The van der Waals surface area contributed by atoms with E-state index in [1.54, 1.807) is 28.4 Å². The van der Waals surface area contributed by atoms with Crippen LogP contribution in [0.2, 0.25) is 0 Å². The molecule has 0 amide bonds. The molecule has 0 saturated carbocycles. The average molecular weight is 366 g/mol. The lowest BCUT2D eigenvalue weighted by Crippen LogP contribution is -2.03. The van der Waals surface area contributed by atoms with Crippen molar-refractivity contribution in [3.05, 3.63) is 47.0 Å². The molecular weight excluding hydrogens is 340 g/mol. The summed E-state index contributed by atoms with van der Waals surface area (Å²) in [7, 11) is 6.76. The maximum atomic E-state index is 5.85. The molecule has 0 spiro atoms. The van der Waals surface area contributed by atoms with E-state index in [0.717, 1.165) is 61.6 Å². The van der Waals surface area contributed by atoms with Gasteiger partial charge in [0.15, 0.2) is 0 Å². The van der Waals surface area contributed by atoms with E-state index in [1.165, 1.54) is 0 Å². The van der Waals surface area contributed by atoms with Crippen LogP contribution >= 0.6 is 0 Å². The van der Waals surface area contributed by atoms with E-state index in [1.807, 2.05) is 18.2 Å². The van der Waals surface area contributed by atoms with E-state index in [-0.39, 0.29) is 0 Å². The third-order valence-electron chi connectivity index (χ3n) is 5.25. The minimum Gasteiger partial charge on any atom is -0.497 e. The molecule has 4 heteroatoms.